The van der Waals surface area contributed by atoms with E-state index in [1.807, 2.05) is 0 Å². The van der Waals surface area contributed by atoms with Gasteiger partial charge in [0, 0.05) is 32.9 Å². The van der Waals surface area contributed by atoms with E-state index in [1.165, 1.54) is 82.7 Å². The van der Waals surface area contributed by atoms with Crippen LogP contribution in [0.25, 0.3) is 82.8 Å². The first-order chi connectivity index (χ1) is 24.8. The predicted octanol–water partition coefficient (Wildman–Crippen LogP) is 12.9. The van der Waals surface area contributed by atoms with Gasteiger partial charge in [-0.2, -0.15) is 0 Å². The lowest BCUT2D eigenvalue weighted by Gasteiger charge is -2.14. The van der Waals surface area contributed by atoms with Crippen molar-refractivity contribution < 1.29 is 0 Å². The summed E-state index contributed by atoms with van der Waals surface area (Å²) in [6, 6.07) is 60.1. The topological polar surface area (TPSA) is 9.86 Å². The first kappa shape index (κ1) is 28.6. The van der Waals surface area contributed by atoms with Gasteiger partial charge in [-0.25, -0.2) is 0 Å². The lowest BCUT2D eigenvalue weighted by molar-refractivity contribution is 1.05. The molecule has 0 aliphatic heterocycles. The summed E-state index contributed by atoms with van der Waals surface area (Å²) in [4.78, 5) is 0. The van der Waals surface area contributed by atoms with E-state index in [1.54, 1.807) is 0 Å². The summed E-state index contributed by atoms with van der Waals surface area (Å²) in [6.07, 6.45) is 8.87. The maximum Gasteiger partial charge on any atom is 0.0547 e. The summed E-state index contributed by atoms with van der Waals surface area (Å²) in [7, 11) is 0. The highest BCUT2D eigenvalue weighted by atomic mass is 15.0. The van der Waals surface area contributed by atoms with Crippen LogP contribution in [0.1, 0.15) is 18.4 Å². The molecule has 1 aliphatic carbocycles. The van der Waals surface area contributed by atoms with Crippen molar-refractivity contribution in [3.05, 3.63) is 188 Å². The van der Waals surface area contributed by atoms with Crippen molar-refractivity contribution in [1.82, 2.24) is 9.13 Å². The first-order valence-corrected chi connectivity index (χ1v) is 17.5. The second-order valence-corrected chi connectivity index (χ2v) is 13.3. The highest BCUT2D eigenvalue weighted by Gasteiger charge is 2.17. The van der Waals surface area contributed by atoms with Crippen LogP contribution in [0.5, 0.6) is 0 Å². The molecule has 50 heavy (non-hydrogen) atoms. The third kappa shape index (κ3) is 4.64. The zero-order valence-electron chi connectivity index (χ0n) is 27.6. The van der Waals surface area contributed by atoms with Crippen LogP contribution in [0, 0.1) is 0 Å². The Morgan fingerprint density at radius 1 is 0.360 bits per heavy atom. The molecule has 2 nitrogen and oxygen atoms in total. The monoisotopic (exact) mass is 638 g/mol. The molecular formula is C48H34N2. The quantitative estimate of drug-likeness (QED) is 0.178. The molecule has 7 aromatic carbocycles. The molecule has 0 bridgehead atoms. The molecule has 0 saturated carbocycles. The van der Waals surface area contributed by atoms with Gasteiger partial charge in [-0.3, -0.25) is 0 Å². The molecule has 0 radical (unpaired) electrons. The Morgan fingerprint density at radius 3 is 1.54 bits per heavy atom. The fraction of sp³-hybridized carbons (Fsp3) is 0.0417. The van der Waals surface area contributed by atoms with E-state index in [9.17, 15) is 0 Å². The molecule has 0 spiro atoms. The van der Waals surface area contributed by atoms with Crippen LogP contribution in [-0.4, -0.2) is 9.13 Å². The number of hydrogen-bond acceptors (Lipinski definition) is 0. The van der Waals surface area contributed by atoms with Crippen LogP contribution in [0.15, 0.2) is 182 Å². The second-order valence-electron chi connectivity index (χ2n) is 13.3. The molecule has 0 unspecified atom stereocenters. The van der Waals surface area contributed by atoms with Crippen molar-refractivity contribution in [3.63, 3.8) is 0 Å². The van der Waals surface area contributed by atoms with Gasteiger partial charge in [0.05, 0.1) is 22.1 Å². The van der Waals surface area contributed by atoms with Crippen molar-refractivity contribution in [1.29, 1.82) is 0 Å². The van der Waals surface area contributed by atoms with Gasteiger partial charge in [0.2, 0.25) is 0 Å². The lowest BCUT2D eigenvalue weighted by Crippen LogP contribution is -1.96. The van der Waals surface area contributed by atoms with Gasteiger partial charge in [0.15, 0.2) is 0 Å². The number of para-hydroxylation sites is 2. The Kier molecular flexibility index (Phi) is 6.67. The summed E-state index contributed by atoms with van der Waals surface area (Å²) in [5.41, 5.74) is 14.8. The highest BCUT2D eigenvalue weighted by Crippen LogP contribution is 2.39. The minimum atomic E-state index is 1.08. The molecule has 0 amide bonds. The zero-order valence-corrected chi connectivity index (χ0v) is 27.6. The summed E-state index contributed by atoms with van der Waals surface area (Å²) in [6.45, 7) is 0. The van der Waals surface area contributed by atoms with Crippen LogP contribution in [0.3, 0.4) is 0 Å². The van der Waals surface area contributed by atoms with E-state index in [4.69, 9.17) is 0 Å². The molecule has 2 aromatic heterocycles. The van der Waals surface area contributed by atoms with E-state index in [-0.39, 0.29) is 0 Å². The molecule has 2 heteroatoms. The lowest BCUT2D eigenvalue weighted by atomic mass is 9.97. The van der Waals surface area contributed by atoms with E-state index < -0.39 is 0 Å². The van der Waals surface area contributed by atoms with Gasteiger partial charge >= 0.3 is 0 Å². The van der Waals surface area contributed by atoms with Gasteiger partial charge in [-0.15, -0.1) is 0 Å². The fourth-order valence-electron chi connectivity index (χ4n) is 7.98. The SMILES string of the molecule is C1=CCCC(c2cccc(-n3c4ccccc4c4ccc(-c5ccc6c7ccccc7n(-c7ccc(-c8ccccc8)cc7)c6c5)cc43)c2)=C1. The fourth-order valence-corrected chi connectivity index (χ4v) is 7.98. The number of hydrogen-bond donors (Lipinski definition) is 0. The zero-order chi connectivity index (χ0) is 33.0. The number of aromatic nitrogens is 2. The molecule has 2 heterocycles. The van der Waals surface area contributed by atoms with Gasteiger partial charge < -0.3 is 9.13 Å². The van der Waals surface area contributed by atoms with E-state index in [2.05, 4.69) is 191 Å². The van der Waals surface area contributed by atoms with Crippen molar-refractivity contribution in [3.8, 4) is 33.6 Å². The van der Waals surface area contributed by atoms with Crippen LogP contribution in [-0.2, 0) is 0 Å². The number of fused-ring (bicyclic) bond motifs is 6. The van der Waals surface area contributed by atoms with E-state index in [0.717, 1.165) is 18.5 Å². The Morgan fingerprint density at radius 2 is 0.900 bits per heavy atom. The van der Waals surface area contributed by atoms with Crippen molar-refractivity contribution in [2.24, 2.45) is 0 Å². The minimum Gasteiger partial charge on any atom is -0.309 e. The van der Waals surface area contributed by atoms with Crippen LogP contribution in [0.2, 0.25) is 0 Å². The Hall–Kier alpha value is -6.38. The second kappa shape index (κ2) is 11.6. The summed E-state index contributed by atoms with van der Waals surface area (Å²) in [5.74, 6) is 0. The summed E-state index contributed by atoms with van der Waals surface area (Å²) < 4.78 is 4.86. The van der Waals surface area contributed by atoms with Crippen LogP contribution >= 0.6 is 0 Å². The normalized spacial score (nSPS) is 13.1. The minimum absolute atomic E-state index is 1.08. The van der Waals surface area contributed by atoms with E-state index in [0.29, 0.717) is 0 Å². The average molecular weight is 639 g/mol. The maximum atomic E-state index is 2.45. The van der Waals surface area contributed by atoms with E-state index >= 15 is 0 Å². The smallest absolute Gasteiger partial charge is 0.0547 e. The first-order valence-electron chi connectivity index (χ1n) is 17.5. The molecule has 0 atom stereocenters. The molecule has 236 valence electrons. The maximum absolute atomic E-state index is 2.45. The van der Waals surface area contributed by atoms with Crippen LogP contribution < -0.4 is 0 Å². The third-order valence-electron chi connectivity index (χ3n) is 10.4. The van der Waals surface area contributed by atoms with Crippen molar-refractivity contribution in [2.75, 3.05) is 0 Å². The standard InChI is InChI=1S/C48H34N2/c1-3-12-33(13-4-1)35-22-26-39(27-23-35)49-45-20-9-7-18-41(45)43-28-24-37(31-47(43)49)38-25-29-44-42-19-8-10-21-46(42)50(48(44)32-38)40-17-11-16-36(30-40)34-14-5-2-6-15-34/h1-5,7-14,16-32H,6,15H2. The average Bonchev–Trinajstić information content (AvgIpc) is 3.71. The number of allylic oxidation sites excluding steroid dienone is 4. The molecule has 9 aromatic rings. The molecule has 0 saturated heterocycles. The molecular weight excluding hydrogens is 605 g/mol. The highest BCUT2D eigenvalue weighted by molar-refractivity contribution is 6.12. The summed E-state index contributed by atoms with van der Waals surface area (Å²) >= 11 is 0. The van der Waals surface area contributed by atoms with Crippen molar-refractivity contribution >= 4 is 49.2 Å². The van der Waals surface area contributed by atoms with Gasteiger partial charge in [0.1, 0.15) is 0 Å². The molecule has 0 fully saturated rings. The Bertz CT molecular complexity index is 2790. The van der Waals surface area contributed by atoms with Gasteiger partial charge in [-0.05, 0) is 94.8 Å². The van der Waals surface area contributed by atoms with Crippen molar-refractivity contribution in [2.45, 2.75) is 12.8 Å². The molecule has 0 N–H and O–H groups in total. The largest absolute Gasteiger partial charge is 0.309 e. The summed E-state index contributed by atoms with van der Waals surface area (Å²) in [5, 5.41) is 5.06. The van der Waals surface area contributed by atoms with Gasteiger partial charge in [0.25, 0.3) is 0 Å². The predicted molar refractivity (Wildman–Crippen MR) is 212 cm³/mol. The molecule has 10 rings (SSSR count). The molecule has 1 aliphatic rings. The van der Waals surface area contributed by atoms with Gasteiger partial charge in [-0.1, -0.05) is 133 Å². The third-order valence-corrected chi connectivity index (χ3v) is 10.4. The number of benzene rings is 7. The Labute approximate surface area is 291 Å². The number of nitrogens with zero attached hydrogens (tertiary/aromatic N) is 2. The van der Waals surface area contributed by atoms with Crippen LogP contribution in [0.4, 0.5) is 0 Å². The number of rotatable bonds is 5. The Balaban J connectivity index is 1.14.